The summed E-state index contributed by atoms with van der Waals surface area (Å²) < 4.78 is 23.9. The van der Waals surface area contributed by atoms with Crippen LogP contribution in [-0.2, 0) is 15.9 Å². The quantitative estimate of drug-likeness (QED) is 0.0756. The summed E-state index contributed by atoms with van der Waals surface area (Å²) in [5.41, 5.74) is 1.45. The molecule has 0 radical (unpaired) electrons. The van der Waals surface area contributed by atoms with Gasteiger partial charge < -0.3 is 25.2 Å². The molecule has 4 aromatic rings. The van der Waals surface area contributed by atoms with E-state index in [4.69, 9.17) is 26.9 Å². The first-order valence-electron chi connectivity index (χ1n) is 11.4. The van der Waals surface area contributed by atoms with E-state index in [1.165, 1.54) is 36.3 Å². The SMILES string of the molecule is C=C(OC(/C=C/NC(=O)c1nnc(-c2ccc([S+](C)[O-])cn2)n1-c1ccccc1Cl)=N\N)c1ccnc(OC)c1. The summed E-state index contributed by atoms with van der Waals surface area (Å²) in [4.78, 5) is 22.1. The summed E-state index contributed by atoms with van der Waals surface area (Å²) in [5, 5.41) is 14.8. The van der Waals surface area contributed by atoms with E-state index in [1.807, 2.05) is 0 Å². The number of benzene rings is 1. The third-order valence-electron chi connectivity index (χ3n) is 5.32. The third-order valence-corrected chi connectivity index (χ3v) is 6.54. The van der Waals surface area contributed by atoms with E-state index in [2.05, 4.69) is 37.2 Å². The molecule has 40 heavy (non-hydrogen) atoms. The van der Waals surface area contributed by atoms with Crippen LogP contribution >= 0.6 is 11.6 Å². The molecular formula is C26H23ClN8O4S. The maximum atomic E-state index is 13.2. The van der Waals surface area contributed by atoms with E-state index in [1.54, 1.807) is 54.8 Å². The van der Waals surface area contributed by atoms with Crippen LogP contribution in [-0.4, -0.2) is 54.5 Å². The Kier molecular flexibility index (Phi) is 9.11. The first kappa shape index (κ1) is 28.3. The molecule has 3 heterocycles. The van der Waals surface area contributed by atoms with E-state index in [-0.39, 0.29) is 23.3 Å². The number of para-hydroxylation sites is 1. The summed E-state index contributed by atoms with van der Waals surface area (Å²) >= 11 is 5.25. The van der Waals surface area contributed by atoms with Crippen molar-refractivity contribution >= 4 is 40.3 Å². The normalized spacial score (nSPS) is 12.2. The van der Waals surface area contributed by atoms with Gasteiger partial charge in [-0.3, -0.25) is 9.36 Å². The molecule has 1 atom stereocenters. The lowest BCUT2D eigenvalue weighted by Crippen LogP contribution is -2.22. The zero-order valence-corrected chi connectivity index (χ0v) is 22.9. The van der Waals surface area contributed by atoms with Crippen LogP contribution in [0.2, 0.25) is 5.02 Å². The fourth-order valence-electron chi connectivity index (χ4n) is 3.38. The van der Waals surface area contributed by atoms with Crippen LogP contribution in [0.25, 0.3) is 23.0 Å². The number of hydrazone groups is 1. The summed E-state index contributed by atoms with van der Waals surface area (Å²) in [6.07, 6.45) is 7.18. The van der Waals surface area contributed by atoms with Crippen molar-refractivity contribution in [2.45, 2.75) is 4.90 Å². The molecule has 0 aliphatic carbocycles. The molecule has 14 heteroatoms. The number of aromatic nitrogens is 5. The second-order valence-electron chi connectivity index (χ2n) is 7.85. The fourth-order valence-corrected chi connectivity index (χ4v) is 4.06. The van der Waals surface area contributed by atoms with Gasteiger partial charge in [0, 0.05) is 30.1 Å². The molecule has 0 aliphatic rings. The molecule has 1 aromatic carbocycles. The second kappa shape index (κ2) is 12.9. The zero-order valence-electron chi connectivity index (χ0n) is 21.3. The molecule has 1 amide bonds. The fraction of sp³-hybridized carbons (Fsp3) is 0.0769. The van der Waals surface area contributed by atoms with Crippen molar-refractivity contribution in [3.8, 4) is 23.1 Å². The molecule has 0 saturated carbocycles. The monoisotopic (exact) mass is 578 g/mol. The number of hydrogen-bond donors (Lipinski definition) is 2. The number of amides is 1. The first-order chi connectivity index (χ1) is 19.3. The van der Waals surface area contributed by atoms with Gasteiger partial charge in [-0.1, -0.05) is 30.3 Å². The number of methoxy groups -OCH3 is 1. The number of nitrogens with one attached hydrogen (secondary N) is 1. The van der Waals surface area contributed by atoms with Gasteiger partial charge in [0.25, 0.3) is 5.91 Å². The Morgan fingerprint density at radius 3 is 2.70 bits per heavy atom. The van der Waals surface area contributed by atoms with Gasteiger partial charge in [0.1, 0.15) is 17.7 Å². The molecule has 1 unspecified atom stereocenters. The number of halogens is 1. The van der Waals surface area contributed by atoms with Crippen LogP contribution in [0.1, 0.15) is 16.2 Å². The van der Waals surface area contributed by atoms with E-state index in [0.717, 1.165) is 0 Å². The molecule has 3 aromatic heterocycles. The number of pyridine rings is 2. The van der Waals surface area contributed by atoms with E-state index in [0.29, 0.717) is 32.7 Å². The van der Waals surface area contributed by atoms with Crippen LogP contribution in [0.5, 0.6) is 5.88 Å². The van der Waals surface area contributed by atoms with Crippen LogP contribution in [0.4, 0.5) is 0 Å². The van der Waals surface area contributed by atoms with Crippen molar-refractivity contribution in [3.05, 3.63) is 96.2 Å². The van der Waals surface area contributed by atoms with E-state index >= 15 is 0 Å². The average Bonchev–Trinajstić information content (AvgIpc) is 3.41. The Bertz CT molecular complexity index is 1590. The molecule has 0 fully saturated rings. The number of nitrogens with two attached hydrogens (primary N) is 1. The minimum absolute atomic E-state index is 0.0352. The number of rotatable bonds is 9. The Morgan fingerprint density at radius 2 is 2.02 bits per heavy atom. The summed E-state index contributed by atoms with van der Waals surface area (Å²) in [5.74, 6) is 5.60. The predicted molar refractivity (Wildman–Crippen MR) is 151 cm³/mol. The highest BCUT2D eigenvalue weighted by Crippen LogP contribution is 2.27. The van der Waals surface area contributed by atoms with Crippen molar-refractivity contribution in [2.24, 2.45) is 10.9 Å². The number of ether oxygens (including phenoxy) is 2. The largest absolute Gasteiger partial charge is 0.612 e. The van der Waals surface area contributed by atoms with E-state index < -0.39 is 17.1 Å². The topological polar surface area (TPSA) is 165 Å². The molecular weight excluding hydrogens is 556 g/mol. The summed E-state index contributed by atoms with van der Waals surface area (Å²) in [6, 6.07) is 13.5. The highest BCUT2D eigenvalue weighted by molar-refractivity contribution is 7.90. The zero-order chi connectivity index (χ0) is 28.6. The van der Waals surface area contributed by atoms with Gasteiger partial charge in [-0.2, -0.15) is 0 Å². The Hall–Kier alpha value is -4.72. The van der Waals surface area contributed by atoms with Gasteiger partial charge in [-0.05, 0) is 41.5 Å². The average molecular weight is 579 g/mol. The highest BCUT2D eigenvalue weighted by Gasteiger charge is 2.23. The summed E-state index contributed by atoms with van der Waals surface area (Å²) in [6.45, 7) is 3.86. The van der Waals surface area contributed by atoms with Crippen molar-refractivity contribution in [3.63, 3.8) is 0 Å². The minimum Gasteiger partial charge on any atom is -0.612 e. The van der Waals surface area contributed by atoms with Crippen LogP contribution in [0, 0.1) is 0 Å². The summed E-state index contributed by atoms with van der Waals surface area (Å²) in [7, 11) is 1.49. The van der Waals surface area contributed by atoms with Crippen molar-refractivity contribution < 1.29 is 18.8 Å². The van der Waals surface area contributed by atoms with Crippen molar-refractivity contribution in [1.82, 2.24) is 30.0 Å². The van der Waals surface area contributed by atoms with E-state index in [9.17, 15) is 9.35 Å². The second-order valence-corrected chi connectivity index (χ2v) is 9.64. The van der Waals surface area contributed by atoms with Crippen LogP contribution < -0.4 is 15.9 Å². The minimum atomic E-state index is -1.21. The lowest BCUT2D eigenvalue weighted by Gasteiger charge is -2.11. The van der Waals surface area contributed by atoms with Crippen LogP contribution in [0.3, 0.4) is 0 Å². The smallest absolute Gasteiger partial charge is 0.293 e. The molecule has 12 nitrogen and oxygen atoms in total. The predicted octanol–water partition coefficient (Wildman–Crippen LogP) is 3.33. The van der Waals surface area contributed by atoms with Gasteiger partial charge in [-0.25, -0.2) is 9.97 Å². The number of nitrogens with zero attached hydrogens (tertiary/aromatic N) is 6. The Labute approximate surface area is 237 Å². The molecule has 3 N–H and O–H groups in total. The first-order valence-corrected chi connectivity index (χ1v) is 13.4. The van der Waals surface area contributed by atoms with Gasteiger partial charge >= 0.3 is 0 Å². The third kappa shape index (κ3) is 6.46. The molecule has 0 saturated heterocycles. The van der Waals surface area contributed by atoms with Gasteiger partial charge in [0.15, 0.2) is 10.7 Å². The highest BCUT2D eigenvalue weighted by atomic mass is 35.5. The van der Waals surface area contributed by atoms with Crippen molar-refractivity contribution in [1.29, 1.82) is 0 Å². The van der Waals surface area contributed by atoms with Gasteiger partial charge in [0.05, 0.1) is 24.0 Å². The lowest BCUT2D eigenvalue weighted by atomic mass is 10.2. The maximum Gasteiger partial charge on any atom is 0.293 e. The Morgan fingerprint density at radius 1 is 1.23 bits per heavy atom. The van der Waals surface area contributed by atoms with Gasteiger partial charge in [0.2, 0.25) is 17.6 Å². The van der Waals surface area contributed by atoms with Crippen molar-refractivity contribution in [2.75, 3.05) is 13.4 Å². The molecule has 204 valence electrons. The molecule has 0 aliphatic heterocycles. The van der Waals surface area contributed by atoms with Crippen LogP contribution in [0.15, 0.2) is 89.8 Å². The lowest BCUT2D eigenvalue weighted by molar-refractivity contribution is 0.0958. The molecule has 4 rings (SSSR count). The Balaban J connectivity index is 1.57. The maximum absolute atomic E-state index is 13.2. The molecule has 0 spiro atoms. The number of carbonyl (C=O) groups is 1. The number of hydrogen-bond acceptors (Lipinski definition) is 10. The number of carbonyl (C=O) groups excluding carboxylic acids is 1. The molecule has 0 bridgehead atoms. The van der Waals surface area contributed by atoms with Gasteiger partial charge in [-0.15, -0.1) is 15.3 Å². The standard InChI is InChI=1S/C26H23ClN8O4S/c1-16(17-10-12-29-23(14-17)38-2)39-22(32-28)11-13-30-26(36)25-34-33-24(20-9-8-18(15-31-20)40(3)37)35(25)21-7-5-4-6-19(21)27/h4-15H,1,28H2,2-3H3,(H,30,36)/b13-11+,32-22-.